The highest BCUT2D eigenvalue weighted by molar-refractivity contribution is 5.22. The molecule has 0 aromatic rings. The summed E-state index contributed by atoms with van der Waals surface area (Å²) in [7, 11) is 0. The van der Waals surface area contributed by atoms with Gasteiger partial charge in [-0.2, -0.15) is 0 Å². The van der Waals surface area contributed by atoms with Crippen LogP contribution in [0.1, 0.15) is 53.4 Å². The second kappa shape index (κ2) is 7.15. The van der Waals surface area contributed by atoms with Gasteiger partial charge in [0.1, 0.15) is 0 Å². The molecule has 0 amide bonds. The molecule has 0 spiro atoms. The van der Waals surface area contributed by atoms with E-state index in [1.807, 2.05) is 0 Å². The van der Waals surface area contributed by atoms with Gasteiger partial charge in [-0.15, -0.1) is 0 Å². The fourth-order valence-corrected chi connectivity index (χ4v) is 1.28. The summed E-state index contributed by atoms with van der Waals surface area (Å²) in [5, 5.41) is 0. The van der Waals surface area contributed by atoms with Crippen molar-refractivity contribution >= 4 is 0 Å². The Hall–Kier alpha value is -0.520. The van der Waals surface area contributed by atoms with Crippen molar-refractivity contribution in [3.63, 3.8) is 0 Å². The Balaban J connectivity index is 4.32. The molecule has 0 heterocycles. The van der Waals surface area contributed by atoms with E-state index >= 15 is 0 Å². The molecule has 0 aliphatic heterocycles. The van der Waals surface area contributed by atoms with Crippen molar-refractivity contribution in [1.29, 1.82) is 0 Å². The van der Waals surface area contributed by atoms with Gasteiger partial charge in [0, 0.05) is 0 Å². The van der Waals surface area contributed by atoms with Gasteiger partial charge in [0.05, 0.1) is 0 Å². The third-order valence-corrected chi connectivity index (χ3v) is 2.17. The smallest absolute Gasteiger partial charge is 0.0311 e. The highest BCUT2D eigenvalue weighted by Gasteiger charge is 1.92. The lowest BCUT2D eigenvalue weighted by atomic mass is 10.0. The molecule has 0 saturated heterocycles. The largest absolute Gasteiger partial charge is 0.0816 e. The monoisotopic (exact) mass is 166 g/mol. The van der Waals surface area contributed by atoms with Gasteiger partial charge < -0.3 is 0 Å². The van der Waals surface area contributed by atoms with Crippen LogP contribution in [0.4, 0.5) is 0 Å². The molecule has 0 bridgehead atoms. The number of rotatable bonds is 5. The molecule has 0 aromatic heterocycles. The van der Waals surface area contributed by atoms with Crippen LogP contribution in [0.25, 0.3) is 0 Å². The van der Waals surface area contributed by atoms with Crippen LogP contribution in [0.3, 0.4) is 0 Å². The van der Waals surface area contributed by atoms with Gasteiger partial charge in [0.15, 0.2) is 0 Å². The fraction of sp³-hybridized carbons (Fsp3) is 0.667. The van der Waals surface area contributed by atoms with Gasteiger partial charge in [-0.25, -0.2) is 0 Å². The molecule has 0 aliphatic rings. The van der Waals surface area contributed by atoms with Crippen LogP contribution in [-0.4, -0.2) is 0 Å². The number of hydrogen-bond acceptors (Lipinski definition) is 0. The Labute approximate surface area is 77.4 Å². The standard InChI is InChI=1S/C12H22/c1-5-9-12(8-4)10-11(6-2)7-3/h9-10H,5-8H2,1-4H3. The summed E-state index contributed by atoms with van der Waals surface area (Å²) in [5.74, 6) is 0. The third kappa shape index (κ3) is 4.38. The van der Waals surface area contributed by atoms with Crippen LogP contribution >= 0.6 is 0 Å². The Bertz CT molecular complexity index is 155. The highest BCUT2D eigenvalue weighted by atomic mass is 14.0. The first-order chi connectivity index (χ1) is 5.78. The van der Waals surface area contributed by atoms with Gasteiger partial charge >= 0.3 is 0 Å². The Kier molecular flexibility index (Phi) is 6.84. The minimum Gasteiger partial charge on any atom is -0.0816 e. The molecule has 0 heteroatoms. The summed E-state index contributed by atoms with van der Waals surface area (Å²) < 4.78 is 0. The zero-order chi connectivity index (χ0) is 9.40. The Morgan fingerprint density at radius 2 is 1.50 bits per heavy atom. The molecule has 12 heavy (non-hydrogen) atoms. The molecule has 0 radical (unpaired) electrons. The van der Waals surface area contributed by atoms with Gasteiger partial charge in [0.25, 0.3) is 0 Å². The van der Waals surface area contributed by atoms with E-state index in [-0.39, 0.29) is 0 Å². The zero-order valence-electron chi connectivity index (χ0n) is 8.98. The van der Waals surface area contributed by atoms with Crippen LogP contribution in [0.5, 0.6) is 0 Å². The molecule has 0 rings (SSSR count). The molecule has 0 atom stereocenters. The molecule has 0 aliphatic carbocycles. The molecule has 70 valence electrons. The van der Waals surface area contributed by atoms with Crippen molar-refractivity contribution in [3.8, 4) is 0 Å². The second-order valence-corrected chi connectivity index (χ2v) is 3.05. The van der Waals surface area contributed by atoms with Gasteiger partial charge in [-0.3, -0.25) is 0 Å². The van der Waals surface area contributed by atoms with E-state index in [4.69, 9.17) is 0 Å². The van der Waals surface area contributed by atoms with Crippen LogP contribution in [0.15, 0.2) is 23.3 Å². The molecule has 0 unspecified atom stereocenters. The molecule has 0 fully saturated rings. The molecular formula is C12H22. The first-order valence-electron chi connectivity index (χ1n) is 5.16. The summed E-state index contributed by atoms with van der Waals surface area (Å²) in [6, 6.07) is 0. The lowest BCUT2D eigenvalue weighted by Crippen LogP contribution is -1.81. The van der Waals surface area contributed by atoms with E-state index in [0.717, 1.165) is 12.8 Å². The summed E-state index contributed by atoms with van der Waals surface area (Å²) in [4.78, 5) is 0. The number of allylic oxidation sites excluding steroid dienone is 4. The second-order valence-electron chi connectivity index (χ2n) is 3.05. The average molecular weight is 166 g/mol. The summed E-state index contributed by atoms with van der Waals surface area (Å²) in [6.07, 6.45) is 9.39. The molecular weight excluding hydrogens is 144 g/mol. The van der Waals surface area contributed by atoms with Crippen molar-refractivity contribution in [2.24, 2.45) is 0 Å². The maximum Gasteiger partial charge on any atom is -0.0311 e. The van der Waals surface area contributed by atoms with Crippen LogP contribution < -0.4 is 0 Å². The topological polar surface area (TPSA) is 0 Å². The third-order valence-electron chi connectivity index (χ3n) is 2.17. The van der Waals surface area contributed by atoms with Crippen LogP contribution in [0, 0.1) is 0 Å². The minimum absolute atomic E-state index is 1.15. The molecule has 0 nitrogen and oxygen atoms in total. The van der Waals surface area contributed by atoms with E-state index in [9.17, 15) is 0 Å². The van der Waals surface area contributed by atoms with Crippen molar-refractivity contribution in [3.05, 3.63) is 23.3 Å². The Morgan fingerprint density at radius 1 is 0.917 bits per heavy atom. The van der Waals surface area contributed by atoms with Crippen LogP contribution in [-0.2, 0) is 0 Å². The van der Waals surface area contributed by atoms with Crippen molar-refractivity contribution in [2.45, 2.75) is 53.4 Å². The highest BCUT2D eigenvalue weighted by Crippen LogP contribution is 2.12. The maximum atomic E-state index is 2.36. The number of hydrogen-bond donors (Lipinski definition) is 0. The van der Waals surface area contributed by atoms with Crippen LogP contribution in [0.2, 0.25) is 0 Å². The van der Waals surface area contributed by atoms with E-state index < -0.39 is 0 Å². The van der Waals surface area contributed by atoms with E-state index in [1.54, 1.807) is 5.57 Å². The molecule has 0 N–H and O–H groups in total. The lowest BCUT2D eigenvalue weighted by Gasteiger charge is -2.02. The summed E-state index contributed by atoms with van der Waals surface area (Å²) in [5.41, 5.74) is 3.06. The van der Waals surface area contributed by atoms with Crippen molar-refractivity contribution in [2.75, 3.05) is 0 Å². The Morgan fingerprint density at radius 3 is 1.83 bits per heavy atom. The molecule has 0 saturated carbocycles. The molecule has 0 aromatic carbocycles. The zero-order valence-corrected chi connectivity index (χ0v) is 8.98. The minimum atomic E-state index is 1.15. The maximum absolute atomic E-state index is 2.36. The normalized spacial score (nSPS) is 11.5. The fourth-order valence-electron chi connectivity index (χ4n) is 1.28. The van der Waals surface area contributed by atoms with E-state index in [2.05, 4.69) is 39.8 Å². The van der Waals surface area contributed by atoms with Crippen molar-refractivity contribution in [1.82, 2.24) is 0 Å². The van der Waals surface area contributed by atoms with Gasteiger partial charge in [-0.1, -0.05) is 51.0 Å². The van der Waals surface area contributed by atoms with Crippen molar-refractivity contribution < 1.29 is 0 Å². The first kappa shape index (κ1) is 11.5. The summed E-state index contributed by atoms with van der Waals surface area (Å²) >= 11 is 0. The average Bonchev–Trinajstić information content (AvgIpc) is 2.12. The van der Waals surface area contributed by atoms with E-state index in [1.165, 1.54) is 18.4 Å². The quantitative estimate of drug-likeness (QED) is 0.528. The van der Waals surface area contributed by atoms with Gasteiger partial charge in [-0.05, 0) is 25.7 Å². The lowest BCUT2D eigenvalue weighted by molar-refractivity contribution is 0.963. The van der Waals surface area contributed by atoms with E-state index in [0.29, 0.717) is 0 Å². The predicted octanol–water partition coefficient (Wildman–Crippen LogP) is 4.48. The SMILES string of the molecule is CCC=C(C=C(CC)CC)CC. The predicted molar refractivity (Wildman–Crippen MR) is 57.3 cm³/mol. The van der Waals surface area contributed by atoms with Gasteiger partial charge in [0.2, 0.25) is 0 Å². The summed E-state index contributed by atoms with van der Waals surface area (Å²) in [6.45, 7) is 8.88. The first-order valence-corrected chi connectivity index (χ1v) is 5.16.